The van der Waals surface area contributed by atoms with Gasteiger partial charge in [0, 0.05) is 24.8 Å². The quantitative estimate of drug-likeness (QED) is 0.614. The number of methoxy groups -OCH3 is 1. The predicted molar refractivity (Wildman–Crippen MR) is 117 cm³/mol. The lowest BCUT2D eigenvalue weighted by Crippen LogP contribution is -2.45. The fraction of sp³-hybridized carbons (Fsp3) is 0.364. The van der Waals surface area contributed by atoms with Crippen LogP contribution in [-0.4, -0.2) is 50.8 Å². The van der Waals surface area contributed by atoms with E-state index in [2.05, 4.69) is 10.6 Å². The summed E-state index contributed by atoms with van der Waals surface area (Å²) in [4.78, 5) is 24.3. The average molecular weight is 464 g/mol. The van der Waals surface area contributed by atoms with Crippen molar-refractivity contribution >= 4 is 27.5 Å². The molecule has 0 saturated carbocycles. The van der Waals surface area contributed by atoms with Crippen LogP contribution < -0.4 is 15.4 Å². The maximum absolute atomic E-state index is 13.2. The zero-order valence-electron chi connectivity index (χ0n) is 17.7. The van der Waals surface area contributed by atoms with Gasteiger partial charge in [0.05, 0.1) is 12.0 Å². The number of anilines is 1. The molecule has 0 aromatic heterocycles. The van der Waals surface area contributed by atoms with Crippen molar-refractivity contribution in [1.29, 1.82) is 0 Å². The van der Waals surface area contributed by atoms with Crippen LogP contribution in [0.5, 0.6) is 5.75 Å². The number of ether oxygens (including phenoxy) is 1. The van der Waals surface area contributed by atoms with E-state index in [9.17, 15) is 22.4 Å². The number of sulfonamides is 1. The molecule has 3 rings (SSSR count). The molecule has 0 aliphatic carbocycles. The summed E-state index contributed by atoms with van der Waals surface area (Å²) >= 11 is 0. The van der Waals surface area contributed by atoms with Crippen molar-refractivity contribution in [3.8, 4) is 5.75 Å². The van der Waals surface area contributed by atoms with Gasteiger partial charge in [-0.25, -0.2) is 12.8 Å². The molecule has 1 atom stereocenters. The highest BCUT2D eigenvalue weighted by Gasteiger charge is 2.33. The van der Waals surface area contributed by atoms with Gasteiger partial charge in [-0.2, -0.15) is 4.31 Å². The Bertz CT molecular complexity index is 1040. The Labute approximate surface area is 186 Å². The second-order valence-electron chi connectivity index (χ2n) is 7.45. The van der Waals surface area contributed by atoms with E-state index in [1.165, 1.54) is 23.5 Å². The van der Waals surface area contributed by atoms with E-state index >= 15 is 0 Å². The Morgan fingerprint density at radius 1 is 1.06 bits per heavy atom. The molecule has 0 radical (unpaired) electrons. The van der Waals surface area contributed by atoms with Gasteiger partial charge in [0.1, 0.15) is 11.6 Å². The van der Waals surface area contributed by atoms with E-state index in [4.69, 9.17) is 4.74 Å². The van der Waals surface area contributed by atoms with Crippen LogP contribution in [0.15, 0.2) is 53.4 Å². The minimum absolute atomic E-state index is 0.0358. The fourth-order valence-corrected chi connectivity index (χ4v) is 5.34. The van der Waals surface area contributed by atoms with E-state index in [1.807, 2.05) is 0 Å². The third-order valence-corrected chi connectivity index (χ3v) is 7.28. The Morgan fingerprint density at radius 3 is 2.41 bits per heavy atom. The first-order valence-corrected chi connectivity index (χ1v) is 11.8. The minimum Gasteiger partial charge on any atom is -0.497 e. The van der Waals surface area contributed by atoms with Crippen LogP contribution in [0, 0.1) is 5.82 Å². The number of piperidine rings is 1. The Kier molecular flexibility index (Phi) is 7.81. The first-order chi connectivity index (χ1) is 15.3. The standard InChI is InChI=1S/C22H26FN3O5S/c1-31-19-9-7-17(8-10-19)25-22(28)21(27)24-14-13-18-4-2-3-15-26(18)32(29,30)20-11-5-16(23)6-12-20/h5-12,18H,2-4,13-15H2,1H3,(H,24,27)(H,25,28)/t18-/m0/s1. The third-order valence-electron chi connectivity index (χ3n) is 5.31. The third kappa shape index (κ3) is 5.83. The molecule has 2 aromatic carbocycles. The van der Waals surface area contributed by atoms with Crippen molar-refractivity contribution in [1.82, 2.24) is 9.62 Å². The number of carbonyl (C=O) groups is 2. The van der Waals surface area contributed by atoms with Crippen LogP contribution in [-0.2, 0) is 19.6 Å². The van der Waals surface area contributed by atoms with Gasteiger partial charge >= 0.3 is 11.8 Å². The van der Waals surface area contributed by atoms with Crippen LogP contribution in [0.4, 0.5) is 10.1 Å². The lowest BCUT2D eigenvalue weighted by atomic mass is 10.0. The number of amides is 2. The molecule has 0 unspecified atom stereocenters. The lowest BCUT2D eigenvalue weighted by molar-refractivity contribution is -0.136. The summed E-state index contributed by atoms with van der Waals surface area (Å²) in [6.45, 7) is 0.505. The first-order valence-electron chi connectivity index (χ1n) is 10.3. The number of hydrogen-bond acceptors (Lipinski definition) is 5. The van der Waals surface area contributed by atoms with Crippen LogP contribution in [0.2, 0.25) is 0 Å². The van der Waals surface area contributed by atoms with Crippen molar-refractivity contribution in [3.63, 3.8) is 0 Å². The van der Waals surface area contributed by atoms with Gasteiger partial charge in [-0.05, 0) is 67.8 Å². The molecular weight excluding hydrogens is 437 g/mol. The molecule has 32 heavy (non-hydrogen) atoms. The Balaban J connectivity index is 1.55. The molecule has 0 spiro atoms. The highest BCUT2D eigenvalue weighted by atomic mass is 32.2. The summed E-state index contributed by atoms with van der Waals surface area (Å²) < 4.78 is 45.7. The molecule has 172 valence electrons. The van der Waals surface area contributed by atoms with Gasteiger partial charge in [0.25, 0.3) is 0 Å². The summed E-state index contributed by atoms with van der Waals surface area (Å²) in [5.41, 5.74) is 0.454. The number of rotatable bonds is 7. The Morgan fingerprint density at radius 2 is 1.75 bits per heavy atom. The molecule has 0 bridgehead atoms. The van der Waals surface area contributed by atoms with Crippen LogP contribution >= 0.6 is 0 Å². The second kappa shape index (κ2) is 10.6. The predicted octanol–water partition coefficient (Wildman–Crippen LogP) is 2.52. The molecular formula is C22H26FN3O5S. The van der Waals surface area contributed by atoms with E-state index in [-0.39, 0.29) is 17.5 Å². The number of halogens is 1. The molecule has 1 saturated heterocycles. The molecule has 1 aliphatic rings. The molecule has 2 aromatic rings. The zero-order valence-corrected chi connectivity index (χ0v) is 18.5. The number of nitrogens with zero attached hydrogens (tertiary/aromatic N) is 1. The van der Waals surface area contributed by atoms with Gasteiger partial charge in [-0.1, -0.05) is 6.42 Å². The van der Waals surface area contributed by atoms with Crippen LogP contribution in [0.25, 0.3) is 0 Å². The fourth-order valence-electron chi connectivity index (χ4n) is 3.62. The molecule has 8 nitrogen and oxygen atoms in total. The van der Waals surface area contributed by atoms with Crippen LogP contribution in [0.1, 0.15) is 25.7 Å². The molecule has 1 heterocycles. The molecule has 2 amide bonds. The number of hydrogen-bond donors (Lipinski definition) is 2. The second-order valence-corrected chi connectivity index (χ2v) is 9.34. The minimum atomic E-state index is -3.78. The summed E-state index contributed by atoms with van der Waals surface area (Å²) in [6.07, 6.45) is 2.61. The van der Waals surface area contributed by atoms with E-state index in [0.29, 0.717) is 30.8 Å². The van der Waals surface area contributed by atoms with Gasteiger partial charge in [0.2, 0.25) is 10.0 Å². The topological polar surface area (TPSA) is 105 Å². The average Bonchev–Trinajstić information content (AvgIpc) is 2.80. The van der Waals surface area contributed by atoms with E-state index in [0.717, 1.165) is 25.0 Å². The van der Waals surface area contributed by atoms with Gasteiger partial charge in [-0.15, -0.1) is 0 Å². The Hall–Kier alpha value is -2.98. The molecule has 2 N–H and O–H groups in total. The summed E-state index contributed by atoms with van der Waals surface area (Å²) in [5, 5.41) is 5.04. The SMILES string of the molecule is COc1ccc(NC(=O)C(=O)NCC[C@@H]2CCCCN2S(=O)(=O)c2ccc(F)cc2)cc1. The van der Waals surface area contributed by atoms with Crippen LogP contribution in [0.3, 0.4) is 0 Å². The number of carbonyl (C=O) groups excluding carboxylic acids is 2. The van der Waals surface area contributed by atoms with Gasteiger partial charge < -0.3 is 15.4 Å². The van der Waals surface area contributed by atoms with Gasteiger partial charge in [0.15, 0.2) is 0 Å². The highest BCUT2D eigenvalue weighted by molar-refractivity contribution is 7.89. The molecule has 10 heteroatoms. The maximum Gasteiger partial charge on any atom is 0.313 e. The number of nitrogens with one attached hydrogen (secondary N) is 2. The number of benzene rings is 2. The van der Waals surface area contributed by atoms with Crippen molar-refractivity contribution in [2.24, 2.45) is 0 Å². The highest BCUT2D eigenvalue weighted by Crippen LogP contribution is 2.27. The van der Waals surface area contributed by atoms with Crippen molar-refractivity contribution in [3.05, 3.63) is 54.3 Å². The largest absolute Gasteiger partial charge is 0.497 e. The molecule has 1 aliphatic heterocycles. The summed E-state index contributed by atoms with van der Waals surface area (Å²) in [5.74, 6) is -1.49. The summed E-state index contributed by atoms with van der Waals surface area (Å²) in [6, 6.07) is 11.0. The maximum atomic E-state index is 13.2. The smallest absolute Gasteiger partial charge is 0.313 e. The van der Waals surface area contributed by atoms with Gasteiger partial charge in [-0.3, -0.25) is 9.59 Å². The lowest BCUT2D eigenvalue weighted by Gasteiger charge is -2.34. The normalized spacial score (nSPS) is 16.9. The van der Waals surface area contributed by atoms with Crippen molar-refractivity contribution in [2.75, 3.05) is 25.5 Å². The summed E-state index contributed by atoms with van der Waals surface area (Å²) in [7, 11) is -2.25. The monoisotopic (exact) mass is 463 g/mol. The van der Waals surface area contributed by atoms with Crippen molar-refractivity contribution in [2.45, 2.75) is 36.6 Å². The zero-order chi connectivity index (χ0) is 23.1. The van der Waals surface area contributed by atoms with E-state index < -0.39 is 27.7 Å². The molecule has 1 fully saturated rings. The van der Waals surface area contributed by atoms with E-state index in [1.54, 1.807) is 24.3 Å². The first kappa shape index (κ1) is 23.7. The van der Waals surface area contributed by atoms with Crippen molar-refractivity contribution < 1.29 is 27.1 Å².